The van der Waals surface area contributed by atoms with Crippen LogP contribution in [0.1, 0.15) is 55.3 Å². The van der Waals surface area contributed by atoms with Crippen LogP contribution in [-0.2, 0) is 9.53 Å². The topological polar surface area (TPSA) is 88.7 Å². The van der Waals surface area contributed by atoms with Gasteiger partial charge in [0.05, 0.1) is 18.3 Å². The van der Waals surface area contributed by atoms with Gasteiger partial charge in [0.25, 0.3) is 5.91 Å². The van der Waals surface area contributed by atoms with E-state index in [0.717, 1.165) is 38.0 Å². The Balaban J connectivity index is 1.24. The van der Waals surface area contributed by atoms with E-state index in [4.69, 9.17) is 9.47 Å². The van der Waals surface area contributed by atoms with Crippen molar-refractivity contribution in [3.05, 3.63) is 54.1 Å². The first-order valence-electron chi connectivity index (χ1n) is 12.0. The van der Waals surface area contributed by atoms with Crippen molar-refractivity contribution >= 4 is 23.2 Å². The minimum atomic E-state index is -0.178. The summed E-state index contributed by atoms with van der Waals surface area (Å²) in [5.74, 6) is 0.419. The summed E-state index contributed by atoms with van der Waals surface area (Å²) in [5.41, 5.74) is 2.05. The number of nitrogens with one attached hydrogen (secondary N) is 3. The quantitative estimate of drug-likeness (QED) is 0.527. The van der Waals surface area contributed by atoms with E-state index in [1.165, 1.54) is 19.3 Å². The van der Waals surface area contributed by atoms with Gasteiger partial charge in [0.2, 0.25) is 5.91 Å². The average molecular weight is 452 g/mol. The molecule has 0 radical (unpaired) electrons. The molecule has 1 aliphatic heterocycles. The first-order chi connectivity index (χ1) is 16.2. The Morgan fingerprint density at radius 2 is 1.73 bits per heavy atom. The third kappa shape index (κ3) is 6.96. The number of para-hydroxylation sites is 2. The van der Waals surface area contributed by atoms with Gasteiger partial charge in [-0.15, -0.1) is 0 Å². The molecule has 176 valence electrons. The lowest BCUT2D eigenvalue weighted by atomic mass is 9.95. The zero-order valence-electron chi connectivity index (χ0n) is 19.0. The predicted molar refractivity (Wildman–Crippen MR) is 129 cm³/mol. The number of anilines is 2. The minimum Gasteiger partial charge on any atom is -0.489 e. The van der Waals surface area contributed by atoms with Crippen LogP contribution in [0, 0.1) is 0 Å². The Kier molecular flexibility index (Phi) is 8.19. The van der Waals surface area contributed by atoms with E-state index in [-0.39, 0.29) is 30.5 Å². The van der Waals surface area contributed by atoms with Crippen molar-refractivity contribution in [3.8, 4) is 5.75 Å². The second-order valence-electron chi connectivity index (χ2n) is 8.73. The van der Waals surface area contributed by atoms with Crippen LogP contribution < -0.4 is 20.7 Å². The molecule has 2 amide bonds. The highest BCUT2D eigenvalue weighted by Gasteiger charge is 2.18. The monoisotopic (exact) mass is 451 g/mol. The molecule has 7 nitrogen and oxygen atoms in total. The van der Waals surface area contributed by atoms with Gasteiger partial charge in [0.15, 0.2) is 0 Å². The molecule has 2 fully saturated rings. The molecule has 1 saturated heterocycles. The van der Waals surface area contributed by atoms with Crippen LogP contribution in [0.25, 0.3) is 0 Å². The summed E-state index contributed by atoms with van der Waals surface area (Å²) in [7, 11) is 0. The normalized spacial score (nSPS) is 18.5. The third-order valence-corrected chi connectivity index (χ3v) is 6.15. The van der Waals surface area contributed by atoms with Crippen LogP contribution in [0.15, 0.2) is 48.5 Å². The molecular formula is C26H33N3O4. The number of hydrogen-bond acceptors (Lipinski definition) is 5. The maximum atomic E-state index is 12.5. The Hall–Kier alpha value is -3.06. The van der Waals surface area contributed by atoms with Gasteiger partial charge in [0.1, 0.15) is 12.4 Å². The minimum absolute atomic E-state index is 0.0363. The fraction of sp³-hybridized carbons (Fsp3) is 0.462. The molecule has 2 aromatic carbocycles. The number of ether oxygens (including phenoxy) is 2. The summed E-state index contributed by atoms with van der Waals surface area (Å²) < 4.78 is 11.5. The zero-order chi connectivity index (χ0) is 22.9. The molecule has 33 heavy (non-hydrogen) atoms. The Labute approximate surface area is 195 Å². The van der Waals surface area contributed by atoms with Crippen molar-refractivity contribution in [2.24, 2.45) is 0 Å². The zero-order valence-corrected chi connectivity index (χ0v) is 19.0. The van der Waals surface area contributed by atoms with Crippen molar-refractivity contribution < 1.29 is 19.1 Å². The van der Waals surface area contributed by atoms with E-state index in [1.54, 1.807) is 12.1 Å². The Bertz CT molecular complexity index is 919. The summed E-state index contributed by atoms with van der Waals surface area (Å²) in [5, 5.41) is 9.13. The number of amides is 2. The molecule has 7 heteroatoms. The fourth-order valence-corrected chi connectivity index (χ4v) is 4.29. The summed E-state index contributed by atoms with van der Waals surface area (Å²) in [4.78, 5) is 24.9. The lowest BCUT2D eigenvalue weighted by Gasteiger charge is -2.22. The van der Waals surface area contributed by atoms with Gasteiger partial charge < -0.3 is 25.4 Å². The molecule has 0 spiro atoms. The molecule has 1 aliphatic carbocycles. The molecule has 1 heterocycles. The van der Waals surface area contributed by atoms with Crippen molar-refractivity contribution in [1.29, 1.82) is 0 Å². The second-order valence-corrected chi connectivity index (χ2v) is 8.73. The Morgan fingerprint density at radius 3 is 2.48 bits per heavy atom. The van der Waals surface area contributed by atoms with Crippen LogP contribution >= 0.6 is 0 Å². The number of hydrogen-bond donors (Lipinski definition) is 3. The number of carbonyl (C=O) groups is 2. The van der Waals surface area contributed by atoms with Gasteiger partial charge in [-0.1, -0.05) is 31.4 Å². The highest BCUT2D eigenvalue weighted by molar-refractivity contribution is 5.96. The van der Waals surface area contributed by atoms with Crippen LogP contribution in [0.3, 0.4) is 0 Å². The van der Waals surface area contributed by atoms with E-state index < -0.39 is 0 Å². The molecule has 1 atom stereocenters. The van der Waals surface area contributed by atoms with E-state index in [9.17, 15) is 9.59 Å². The summed E-state index contributed by atoms with van der Waals surface area (Å²) >= 11 is 0. The summed E-state index contributed by atoms with van der Waals surface area (Å²) in [6.45, 7) is 1.36. The molecule has 0 bridgehead atoms. The van der Waals surface area contributed by atoms with Gasteiger partial charge in [0, 0.05) is 23.9 Å². The van der Waals surface area contributed by atoms with Crippen LogP contribution in [0.4, 0.5) is 11.4 Å². The maximum absolute atomic E-state index is 12.5. The van der Waals surface area contributed by atoms with Crippen molar-refractivity contribution in [1.82, 2.24) is 5.32 Å². The lowest BCUT2D eigenvalue weighted by molar-refractivity contribution is -0.114. The summed E-state index contributed by atoms with van der Waals surface area (Å²) in [6.07, 6.45) is 7.91. The van der Waals surface area contributed by atoms with Crippen molar-refractivity contribution in [2.45, 2.75) is 57.1 Å². The van der Waals surface area contributed by atoms with Gasteiger partial charge in [-0.2, -0.15) is 0 Å². The second kappa shape index (κ2) is 11.7. The number of rotatable bonds is 9. The average Bonchev–Trinajstić information content (AvgIpc) is 3.37. The SMILES string of the molecule is O=C(CNc1ccc(C(=O)NC2CCCCC2)cc1)Nc1ccccc1OCC1CCCO1. The molecule has 4 rings (SSSR count). The molecule has 0 aromatic heterocycles. The molecule has 1 unspecified atom stereocenters. The lowest BCUT2D eigenvalue weighted by Crippen LogP contribution is -2.36. The highest BCUT2D eigenvalue weighted by atomic mass is 16.5. The van der Waals surface area contributed by atoms with E-state index in [2.05, 4.69) is 16.0 Å². The molecule has 3 N–H and O–H groups in total. The highest BCUT2D eigenvalue weighted by Crippen LogP contribution is 2.25. The Morgan fingerprint density at radius 1 is 0.939 bits per heavy atom. The molecule has 2 aromatic rings. The fourth-order valence-electron chi connectivity index (χ4n) is 4.29. The predicted octanol–water partition coefficient (Wildman–Crippen LogP) is 4.36. The molecule has 1 saturated carbocycles. The van der Waals surface area contributed by atoms with Gasteiger partial charge in [-0.25, -0.2) is 0 Å². The number of carbonyl (C=O) groups excluding carboxylic acids is 2. The molecular weight excluding hydrogens is 418 g/mol. The third-order valence-electron chi connectivity index (χ3n) is 6.15. The number of benzene rings is 2. The van der Waals surface area contributed by atoms with Crippen LogP contribution in [0.2, 0.25) is 0 Å². The smallest absolute Gasteiger partial charge is 0.251 e. The standard InChI is InChI=1S/C26H33N3O4/c30-25(29-23-10-4-5-11-24(23)33-18-22-9-6-16-32-22)17-27-20-14-12-19(13-15-20)26(31)28-21-7-2-1-3-8-21/h4-5,10-15,21-22,27H,1-3,6-9,16-18H2,(H,28,31)(H,29,30). The van der Waals surface area contributed by atoms with Crippen molar-refractivity contribution in [2.75, 3.05) is 30.4 Å². The van der Waals surface area contributed by atoms with Crippen LogP contribution in [0.5, 0.6) is 5.75 Å². The largest absolute Gasteiger partial charge is 0.489 e. The molecule has 2 aliphatic rings. The maximum Gasteiger partial charge on any atom is 0.251 e. The van der Waals surface area contributed by atoms with E-state index in [1.807, 2.05) is 36.4 Å². The first kappa shape index (κ1) is 23.1. The van der Waals surface area contributed by atoms with Crippen LogP contribution in [-0.4, -0.2) is 43.7 Å². The first-order valence-corrected chi connectivity index (χ1v) is 12.0. The van der Waals surface area contributed by atoms with E-state index in [0.29, 0.717) is 23.6 Å². The van der Waals surface area contributed by atoms with E-state index >= 15 is 0 Å². The van der Waals surface area contributed by atoms with Gasteiger partial charge >= 0.3 is 0 Å². The van der Waals surface area contributed by atoms with Crippen molar-refractivity contribution in [3.63, 3.8) is 0 Å². The van der Waals surface area contributed by atoms with Gasteiger partial charge in [-0.05, 0) is 62.1 Å². The summed E-state index contributed by atoms with van der Waals surface area (Å²) in [6, 6.07) is 14.9. The van der Waals surface area contributed by atoms with Gasteiger partial charge in [-0.3, -0.25) is 9.59 Å².